The molecule has 0 aromatic heterocycles. The van der Waals surface area contributed by atoms with Gasteiger partial charge in [-0.2, -0.15) is 0 Å². The number of nitrogens with two attached hydrogens (primary N) is 1. The smallest absolute Gasteiger partial charge is 0.237 e. The molecule has 5 nitrogen and oxygen atoms in total. The molecule has 1 aromatic rings. The van der Waals surface area contributed by atoms with E-state index in [0.717, 1.165) is 30.6 Å². The average molecular weight is 308 g/mol. The lowest BCUT2D eigenvalue weighted by Gasteiger charge is -2.18. The van der Waals surface area contributed by atoms with Gasteiger partial charge in [0.2, 0.25) is 5.91 Å². The van der Waals surface area contributed by atoms with Crippen LogP contribution < -0.4 is 20.5 Å². The fraction of sp³-hybridized carbons (Fsp3) is 0.588. The lowest BCUT2D eigenvalue weighted by Crippen LogP contribution is -2.39. The molecule has 1 aromatic carbocycles. The Bertz CT molecular complexity index is 475. The van der Waals surface area contributed by atoms with E-state index in [2.05, 4.69) is 12.2 Å². The van der Waals surface area contributed by atoms with Gasteiger partial charge in [-0.3, -0.25) is 4.79 Å². The number of unbranched alkanes of at least 4 members (excludes halogenated alkanes) is 2. The Balaban J connectivity index is 2.72. The Labute approximate surface area is 133 Å². The largest absolute Gasteiger partial charge is 0.493 e. The summed E-state index contributed by atoms with van der Waals surface area (Å²) >= 11 is 0. The third-order valence-electron chi connectivity index (χ3n) is 3.47. The van der Waals surface area contributed by atoms with E-state index in [-0.39, 0.29) is 11.9 Å². The minimum absolute atomic E-state index is 0.137. The summed E-state index contributed by atoms with van der Waals surface area (Å²) in [5, 5.41) is 2.87. The molecule has 0 spiro atoms. The highest BCUT2D eigenvalue weighted by Gasteiger charge is 2.15. The van der Waals surface area contributed by atoms with Crippen molar-refractivity contribution in [3.05, 3.63) is 23.8 Å². The maximum atomic E-state index is 11.7. The minimum Gasteiger partial charge on any atom is -0.493 e. The summed E-state index contributed by atoms with van der Waals surface area (Å²) in [5.74, 6) is 1.23. The van der Waals surface area contributed by atoms with Crippen molar-refractivity contribution in [3.63, 3.8) is 0 Å². The van der Waals surface area contributed by atoms with Gasteiger partial charge in [0, 0.05) is 0 Å². The van der Waals surface area contributed by atoms with Gasteiger partial charge < -0.3 is 20.5 Å². The van der Waals surface area contributed by atoms with Crippen LogP contribution in [0.1, 0.15) is 51.6 Å². The van der Waals surface area contributed by atoms with Crippen LogP contribution in [0.5, 0.6) is 11.5 Å². The number of rotatable bonds is 9. The van der Waals surface area contributed by atoms with Crippen LogP contribution in [0.3, 0.4) is 0 Å². The Hall–Kier alpha value is -1.75. The molecule has 0 aliphatic rings. The van der Waals surface area contributed by atoms with Gasteiger partial charge in [0.25, 0.3) is 0 Å². The highest BCUT2D eigenvalue weighted by molar-refractivity contribution is 5.81. The number of amides is 1. The van der Waals surface area contributed by atoms with Gasteiger partial charge in [-0.05, 0) is 38.0 Å². The number of hydrogen-bond acceptors (Lipinski definition) is 4. The minimum atomic E-state index is -0.523. The third kappa shape index (κ3) is 5.56. The number of hydrogen-bond donors (Lipinski definition) is 2. The number of methoxy groups -OCH3 is 1. The molecule has 1 amide bonds. The van der Waals surface area contributed by atoms with E-state index in [4.69, 9.17) is 15.2 Å². The van der Waals surface area contributed by atoms with Gasteiger partial charge >= 0.3 is 0 Å². The Kier molecular flexibility index (Phi) is 7.74. The lowest BCUT2D eigenvalue weighted by molar-refractivity contribution is -0.122. The summed E-state index contributed by atoms with van der Waals surface area (Å²) in [5.41, 5.74) is 6.52. The summed E-state index contributed by atoms with van der Waals surface area (Å²) in [6.45, 7) is 6.42. The van der Waals surface area contributed by atoms with Gasteiger partial charge in [0.1, 0.15) is 0 Å². The van der Waals surface area contributed by atoms with Crippen molar-refractivity contribution in [2.45, 2.75) is 52.1 Å². The van der Waals surface area contributed by atoms with Crippen molar-refractivity contribution in [1.82, 2.24) is 5.32 Å². The average Bonchev–Trinajstić information content (AvgIpc) is 2.51. The number of ether oxygens (including phenoxy) is 2. The van der Waals surface area contributed by atoms with Crippen molar-refractivity contribution < 1.29 is 14.3 Å². The number of carbonyl (C=O) groups is 1. The molecule has 0 saturated heterocycles. The second-order valence-electron chi connectivity index (χ2n) is 5.48. The Morgan fingerprint density at radius 2 is 2.00 bits per heavy atom. The summed E-state index contributed by atoms with van der Waals surface area (Å²) in [4.78, 5) is 11.7. The van der Waals surface area contributed by atoms with Crippen LogP contribution in [0.2, 0.25) is 0 Å². The molecule has 124 valence electrons. The molecule has 5 heteroatoms. The highest BCUT2D eigenvalue weighted by atomic mass is 16.5. The molecule has 22 heavy (non-hydrogen) atoms. The van der Waals surface area contributed by atoms with Crippen molar-refractivity contribution in [2.24, 2.45) is 5.73 Å². The third-order valence-corrected chi connectivity index (χ3v) is 3.47. The molecule has 1 unspecified atom stereocenters. The molecule has 0 fully saturated rings. The standard InChI is InChI=1S/C17H28N2O3/c1-5-6-7-10-22-15-9-8-14(11-16(15)21-4)13(3)19-17(20)12(2)18/h8-9,11-13H,5-7,10,18H2,1-4H3,(H,19,20)/t12-,13?/m0/s1. The van der Waals surface area contributed by atoms with Gasteiger partial charge in [-0.1, -0.05) is 25.8 Å². The second kappa shape index (κ2) is 9.30. The van der Waals surface area contributed by atoms with E-state index in [1.54, 1.807) is 14.0 Å². The predicted octanol–water partition coefficient (Wildman–Crippen LogP) is 2.79. The van der Waals surface area contributed by atoms with Gasteiger partial charge in [0.05, 0.1) is 25.8 Å². The molecule has 0 aliphatic carbocycles. The zero-order chi connectivity index (χ0) is 16.5. The zero-order valence-corrected chi connectivity index (χ0v) is 14.0. The number of nitrogens with one attached hydrogen (secondary N) is 1. The van der Waals surface area contributed by atoms with Crippen molar-refractivity contribution >= 4 is 5.91 Å². The molecule has 0 bridgehead atoms. The van der Waals surface area contributed by atoms with Crippen molar-refractivity contribution in [1.29, 1.82) is 0 Å². The molecular weight excluding hydrogens is 280 g/mol. The predicted molar refractivity (Wildman–Crippen MR) is 88.2 cm³/mol. The van der Waals surface area contributed by atoms with E-state index in [1.807, 2.05) is 25.1 Å². The molecule has 1 rings (SSSR count). The SMILES string of the molecule is CCCCCOc1ccc(C(C)NC(=O)[C@H](C)N)cc1OC. The first-order valence-electron chi connectivity index (χ1n) is 7.86. The zero-order valence-electron chi connectivity index (χ0n) is 14.0. The van der Waals surface area contributed by atoms with Crippen molar-refractivity contribution in [2.75, 3.05) is 13.7 Å². The topological polar surface area (TPSA) is 73.6 Å². The van der Waals surface area contributed by atoms with Crippen molar-refractivity contribution in [3.8, 4) is 11.5 Å². The summed E-state index contributed by atoms with van der Waals surface area (Å²) in [6, 6.07) is 5.05. The van der Waals surface area contributed by atoms with Crippen LogP contribution in [-0.2, 0) is 4.79 Å². The van der Waals surface area contributed by atoms with Gasteiger partial charge in [0.15, 0.2) is 11.5 Å². The normalized spacial score (nSPS) is 13.3. The van der Waals surface area contributed by atoms with E-state index < -0.39 is 6.04 Å². The molecular formula is C17H28N2O3. The van der Waals surface area contributed by atoms with E-state index >= 15 is 0 Å². The van der Waals surface area contributed by atoms with Gasteiger partial charge in [-0.15, -0.1) is 0 Å². The van der Waals surface area contributed by atoms with E-state index in [0.29, 0.717) is 12.4 Å². The van der Waals surface area contributed by atoms with Crippen LogP contribution in [-0.4, -0.2) is 25.7 Å². The fourth-order valence-electron chi connectivity index (χ4n) is 2.04. The van der Waals surface area contributed by atoms with Gasteiger partial charge in [-0.25, -0.2) is 0 Å². The first kappa shape index (κ1) is 18.3. The summed E-state index contributed by atoms with van der Waals surface area (Å²) in [6.07, 6.45) is 3.35. The maximum Gasteiger partial charge on any atom is 0.237 e. The van der Waals surface area contributed by atoms with Crippen LogP contribution in [0.25, 0.3) is 0 Å². The molecule has 0 aliphatic heterocycles. The number of benzene rings is 1. The highest BCUT2D eigenvalue weighted by Crippen LogP contribution is 2.30. The number of carbonyl (C=O) groups excluding carboxylic acids is 1. The van der Waals surface area contributed by atoms with Crippen LogP contribution >= 0.6 is 0 Å². The van der Waals surface area contributed by atoms with E-state index in [9.17, 15) is 4.79 Å². The van der Waals surface area contributed by atoms with E-state index in [1.165, 1.54) is 0 Å². The molecule has 0 heterocycles. The van der Waals surface area contributed by atoms with Crippen LogP contribution in [0, 0.1) is 0 Å². The Morgan fingerprint density at radius 1 is 1.27 bits per heavy atom. The second-order valence-corrected chi connectivity index (χ2v) is 5.48. The first-order valence-corrected chi connectivity index (χ1v) is 7.86. The molecule has 3 N–H and O–H groups in total. The van der Waals surface area contributed by atoms with Crippen LogP contribution in [0.4, 0.5) is 0 Å². The summed E-state index contributed by atoms with van der Waals surface area (Å²) < 4.78 is 11.1. The summed E-state index contributed by atoms with van der Waals surface area (Å²) in [7, 11) is 1.61. The molecule has 0 radical (unpaired) electrons. The van der Waals surface area contributed by atoms with Crippen LogP contribution in [0.15, 0.2) is 18.2 Å². The fourth-order valence-corrected chi connectivity index (χ4v) is 2.04. The Morgan fingerprint density at radius 3 is 2.59 bits per heavy atom. The molecule has 2 atom stereocenters. The molecule has 0 saturated carbocycles. The lowest BCUT2D eigenvalue weighted by atomic mass is 10.1. The quantitative estimate of drug-likeness (QED) is 0.688. The first-order chi connectivity index (χ1) is 10.5. The maximum absolute atomic E-state index is 11.7. The monoisotopic (exact) mass is 308 g/mol.